The van der Waals surface area contributed by atoms with E-state index in [2.05, 4.69) is 15.4 Å². The number of hydrogen-bond donors (Lipinski definition) is 2. The van der Waals surface area contributed by atoms with E-state index in [1.54, 1.807) is 40.7 Å². The number of aliphatic hydroxyl groups excluding tert-OH is 1. The van der Waals surface area contributed by atoms with Gasteiger partial charge in [-0.2, -0.15) is 18.3 Å². The largest absolute Gasteiger partial charge is 0.416 e. The number of hydrogen-bond acceptors (Lipinski definition) is 6. The molecule has 1 aromatic carbocycles. The number of ether oxygens (including phenoxy) is 1. The molecule has 3 aromatic heterocycles. The second-order valence-corrected chi connectivity index (χ2v) is 9.87. The number of carbonyl (C=O) groups is 1. The molecule has 0 unspecified atom stereocenters. The second-order valence-electron chi connectivity index (χ2n) is 9.46. The van der Waals surface area contributed by atoms with Gasteiger partial charge < -0.3 is 24.6 Å². The molecular weight excluding hydrogens is 549 g/mol. The number of halogens is 4. The zero-order valence-electron chi connectivity index (χ0n) is 21.6. The first-order valence-electron chi connectivity index (χ1n) is 12.3. The Balaban J connectivity index is 1.48. The summed E-state index contributed by atoms with van der Waals surface area (Å²) < 4.78 is 49.0. The highest BCUT2D eigenvalue weighted by Gasteiger charge is 2.35. The average Bonchev–Trinajstić information content (AvgIpc) is 3.53. The number of fused-ring (bicyclic) bond motifs is 1. The van der Waals surface area contributed by atoms with Crippen molar-refractivity contribution in [2.24, 2.45) is 7.05 Å². The normalized spacial score (nSPS) is 15.4. The second kappa shape index (κ2) is 11.0. The molecule has 4 heterocycles. The highest BCUT2D eigenvalue weighted by Crippen LogP contribution is 2.35. The van der Waals surface area contributed by atoms with Crippen LogP contribution in [0.1, 0.15) is 27.2 Å². The highest BCUT2D eigenvalue weighted by atomic mass is 35.5. The average molecular weight is 575 g/mol. The molecule has 0 aliphatic carbocycles. The number of aromatic nitrogens is 4. The highest BCUT2D eigenvalue weighted by molar-refractivity contribution is 6.33. The molecule has 1 aliphatic heterocycles. The topological polar surface area (TPSA) is 97.4 Å². The van der Waals surface area contributed by atoms with Gasteiger partial charge in [0.15, 0.2) is 0 Å². The van der Waals surface area contributed by atoms with Gasteiger partial charge in [-0.15, -0.1) is 0 Å². The summed E-state index contributed by atoms with van der Waals surface area (Å²) >= 11 is 6.50. The van der Waals surface area contributed by atoms with Crippen molar-refractivity contribution in [3.63, 3.8) is 0 Å². The van der Waals surface area contributed by atoms with E-state index in [1.165, 1.54) is 24.3 Å². The summed E-state index contributed by atoms with van der Waals surface area (Å²) in [5.74, 6) is 0.875. The number of pyridine rings is 1. The predicted octanol–water partition coefficient (Wildman–Crippen LogP) is 4.86. The van der Waals surface area contributed by atoms with Crippen LogP contribution in [0.5, 0.6) is 0 Å². The maximum absolute atomic E-state index is 13.7. The number of rotatable bonds is 8. The molecule has 1 aliphatic rings. The Morgan fingerprint density at radius 1 is 1.20 bits per heavy atom. The number of methoxy groups -OCH3 is 1. The molecule has 2 N–H and O–H groups in total. The first-order chi connectivity index (χ1) is 19.1. The quantitative estimate of drug-likeness (QED) is 0.312. The van der Waals surface area contributed by atoms with Crippen LogP contribution in [0.25, 0.3) is 11.1 Å². The fourth-order valence-corrected chi connectivity index (χ4v) is 5.02. The molecule has 0 spiro atoms. The molecule has 40 heavy (non-hydrogen) atoms. The molecule has 0 fully saturated rings. The van der Waals surface area contributed by atoms with Crippen LogP contribution in [-0.2, 0) is 37.7 Å². The van der Waals surface area contributed by atoms with Crippen molar-refractivity contribution in [3.8, 4) is 11.1 Å². The third-order valence-corrected chi connectivity index (χ3v) is 7.17. The van der Waals surface area contributed by atoms with Crippen LogP contribution in [0, 0.1) is 0 Å². The Bertz CT molecular complexity index is 1550. The zero-order valence-corrected chi connectivity index (χ0v) is 22.4. The zero-order chi connectivity index (χ0) is 28.6. The van der Waals surface area contributed by atoms with E-state index in [-0.39, 0.29) is 24.6 Å². The van der Waals surface area contributed by atoms with Crippen molar-refractivity contribution < 1.29 is 27.8 Å². The molecule has 4 aromatic rings. The first kappa shape index (κ1) is 27.7. The van der Waals surface area contributed by atoms with Gasteiger partial charge in [-0.3, -0.25) is 9.48 Å². The van der Waals surface area contributed by atoms with Gasteiger partial charge >= 0.3 is 6.18 Å². The number of alkyl halides is 3. The number of aryl methyl sites for hydroxylation is 1. The Kier molecular flexibility index (Phi) is 7.58. The van der Waals surface area contributed by atoms with Gasteiger partial charge in [-0.05, 0) is 35.4 Å². The lowest BCUT2D eigenvalue weighted by Crippen LogP contribution is -2.49. The number of amides is 1. The molecular formula is C27H26ClF3N6O3. The summed E-state index contributed by atoms with van der Waals surface area (Å²) in [7, 11) is 3.29. The predicted molar refractivity (Wildman–Crippen MR) is 142 cm³/mol. The van der Waals surface area contributed by atoms with Crippen LogP contribution in [0.4, 0.5) is 24.8 Å². The minimum absolute atomic E-state index is 0.123. The fraction of sp³-hybridized carbons (Fsp3) is 0.296. The van der Waals surface area contributed by atoms with E-state index in [0.717, 1.165) is 18.0 Å². The van der Waals surface area contributed by atoms with Crippen molar-refractivity contribution in [3.05, 3.63) is 82.4 Å². The van der Waals surface area contributed by atoms with Crippen LogP contribution in [0.2, 0.25) is 5.02 Å². The molecule has 0 radical (unpaired) electrons. The van der Waals surface area contributed by atoms with E-state index >= 15 is 0 Å². The third-order valence-electron chi connectivity index (χ3n) is 6.87. The van der Waals surface area contributed by atoms with Gasteiger partial charge in [0, 0.05) is 56.8 Å². The van der Waals surface area contributed by atoms with Crippen molar-refractivity contribution >= 4 is 29.1 Å². The van der Waals surface area contributed by atoms with Gasteiger partial charge in [0.2, 0.25) is 0 Å². The molecule has 5 rings (SSSR count). The Morgan fingerprint density at radius 3 is 2.67 bits per heavy atom. The first-order valence-corrected chi connectivity index (χ1v) is 12.7. The number of nitrogens with zero attached hydrogens (tertiary/aromatic N) is 5. The molecule has 0 bridgehead atoms. The molecule has 0 saturated heterocycles. The minimum atomic E-state index is -4.56. The standard InChI is InChI=1S/C27H26ClF3N6O3/c1-35-25(5-6-33-35)34-24-9-21(22(28)10-32-24)18-8-23-26(39)37(20(15-40-2)13-36(23)11-18)12-17-7-19(27(29,30)31)4-3-16(17)14-38/h3-11,20,38H,12-15H2,1-2H3,(H,32,34)/t20-/m1/s1. The Hall–Kier alpha value is -3.87. The number of benzene rings is 1. The molecule has 210 valence electrons. The lowest BCUT2D eigenvalue weighted by molar-refractivity contribution is -0.137. The van der Waals surface area contributed by atoms with E-state index in [4.69, 9.17) is 16.3 Å². The molecule has 0 saturated carbocycles. The number of aliphatic hydroxyl groups is 1. The molecule has 1 amide bonds. The summed E-state index contributed by atoms with van der Waals surface area (Å²) in [6.45, 7) is -0.0608. The summed E-state index contributed by atoms with van der Waals surface area (Å²) in [6, 6.07) is 7.95. The summed E-state index contributed by atoms with van der Waals surface area (Å²) in [6.07, 6.45) is 0.417. The van der Waals surface area contributed by atoms with Crippen molar-refractivity contribution in [1.82, 2.24) is 24.2 Å². The molecule has 1 atom stereocenters. The number of carbonyl (C=O) groups excluding carboxylic acids is 1. The van der Waals surface area contributed by atoms with E-state index < -0.39 is 24.4 Å². The molecule has 13 heteroatoms. The van der Waals surface area contributed by atoms with Crippen LogP contribution < -0.4 is 5.32 Å². The Labute approximate surface area is 232 Å². The lowest BCUT2D eigenvalue weighted by atomic mass is 10.0. The van der Waals surface area contributed by atoms with Crippen LogP contribution in [0.15, 0.2) is 55.0 Å². The van der Waals surface area contributed by atoms with E-state index in [1.807, 2.05) is 6.20 Å². The lowest BCUT2D eigenvalue weighted by Gasteiger charge is -2.36. The summed E-state index contributed by atoms with van der Waals surface area (Å²) in [5, 5.41) is 17.5. The van der Waals surface area contributed by atoms with Crippen LogP contribution in [-0.4, -0.2) is 55.0 Å². The Morgan fingerprint density at radius 2 is 2.00 bits per heavy atom. The van der Waals surface area contributed by atoms with Gasteiger partial charge in [0.25, 0.3) is 5.91 Å². The van der Waals surface area contributed by atoms with E-state index in [0.29, 0.717) is 39.8 Å². The van der Waals surface area contributed by atoms with Crippen molar-refractivity contribution in [2.75, 3.05) is 19.0 Å². The minimum Gasteiger partial charge on any atom is -0.392 e. The van der Waals surface area contributed by atoms with Crippen LogP contribution in [0.3, 0.4) is 0 Å². The maximum atomic E-state index is 13.7. The molecule has 9 nitrogen and oxygen atoms in total. The van der Waals surface area contributed by atoms with Gasteiger partial charge in [0.1, 0.15) is 17.3 Å². The number of anilines is 2. The SMILES string of the molecule is COC[C@H]1Cn2cc(-c3cc(Nc4ccnn4C)ncc3Cl)cc2C(=O)N1Cc1cc(C(F)(F)F)ccc1CO. The smallest absolute Gasteiger partial charge is 0.392 e. The third kappa shape index (κ3) is 5.42. The van der Waals surface area contributed by atoms with Gasteiger partial charge in [-0.1, -0.05) is 17.7 Å². The van der Waals surface area contributed by atoms with Crippen molar-refractivity contribution in [1.29, 1.82) is 0 Å². The summed E-state index contributed by atoms with van der Waals surface area (Å²) in [4.78, 5) is 19.5. The fourth-order valence-electron chi connectivity index (χ4n) is 4.81. The van der Waals surface area contributed by atoms with Gasteiger partial charge in [-0.25, -0.2) is 4.98 Å². The van der Waals surface area contributed by atoms with Crippen LogP contribution >= 0.6 is 11.6 Å². The van der Waals surface area contributed by atoms with Crippen molar-refractivity contribution in [2.45, 2.75) is 31.9 Å². The van der Waals surface area contributed by atoms with E-state index in [9.17, 15) is 23.1 Å². The monoisotopic (exact) mass is 574 g/mol. The summed E-state index contributed by atoms with van der Waals surface area (Å²) in [5.41, 5.74) is 1.36. The maximum Gasteiger partial charge on any atom is 0.416 e. The number of nitrogens with one attached hydrogen (secondary N) is 1. The van der Waals surface area contributed by atoms with Gasteiger partial charge in [0.05, 0.1) is 36.0 Å².